The number of amides is 2. The van der Waals surface area contributed by atoms with E-state index >= 15 is 0 Å². The van der Waals surface area contributed by atoms with E-state index in [4.69, 9.17) is 4.74 Å². The summed E-state index contributed by atoms with van der Waals surface area (Å²) in [4.78, 5) is 28.2. The normalized spacial score (nSPS) is 10.2. The lowest BCUT2D eigenvalue weighted by molar-refractivity contribution is 0.0936. The zero-order valence-electron chi connectivity index (χ0n) is 12.5. The Kier molecular flexibility index (Phi) is 6.25. The summed E-state index contributed by atoms with van der Waals surface area (Å²) < 4.78 is 5.64. The van der Waals surface area contributed by atoms with Crippen molar-refractivity contribution in [2.75, 3.05) is 25.6 Å². The molecule has 0 fully saturated rings. The molecule has 1 aromatic carbocycles. The first-order valence-corrected chi connectivity index (χ1v) is 7.69. The summed E-state index contributed by atoms with van der Waals surface area (Å²) in [5, 5.41) is 5.45. The Morgan fingerprint density at radius 3 is 2.57 bits per heavy atom. The Morgan fingerprint density at radius 2 is 1.87 bits per heavy atom. The first-order valence-electron chi connectivity index (χ1n) is 6.90. The van der Waals surface area contributed by atoms with Crippen molar-refractivity contribution in [1.29, 1.82) is 0 Å². The van der Waals surface area contributed by atoms with Gasteiger partial charge in [-0.05, 0) is 34.1 Å². The van der Waals surface area contributed by atoms with Gasteiger partial charge in [0.2, 0.25) is 0 Å². The van der Waals surface area contributed by atoms with Crippen LogP contribution in [0.15, 0.2) is 47.2 Å². The highest BCUT2D eigenvalue weighted by atomic mass is 79.9. The van der Waals surface area contributed by atoms with Gasteiger partial charge in [0.05, 0.1) is 23.4 Å². The number of hydrogen-bond acceptors (Lipinski definition) is 4. The predicted molar refractivity (Wildman–Crippen MR) is 90.5 cm³/mol. The van der Waals surface area contributed by atoms with Gasteiger partial charge in [-0.25, -0.2) is 0 Å². The standard InChI is InChI=1S/C16H16BrN3O3/c1-23-7-6-19-15(21)11-8-12(10-18-9-11)16(22)20-14-5-3-2-4-13(14)17/h2-5,8-10H,6-7H2,1H3,(H,19,21)(H,20,22). The molecule has 2 N–H and O–H groups in total. The quantitative estimate of drug-likeness (QED) is 0.757. The lowest BCUT2D eigenvalue weighted by atomic mass is 10.2. The molecular formula is C16H16BrN3O3. The van der Waals surface area contributed by atoms with Gasteiger partial charge in [-0.15, -0.1) is 0 Å². The number of carbonyl (C=O) groups excluding carboxylic acids is 2. The highest BCUT2D eigenvalue weighted by Gasteiger charge is 2.12. The summed E-state index contributed by atoms with van der Waals surface area (Å²) in [6.45, 7) is 0.810. The number of anilines is 1. The van der Waals surface area contributed by atoms with E-state index in [0.29, 0.717) is 30.0 Å². The Morgan fingerprint density at radius 1 is 1.17 bits per heavy atom. The molecule has 0 aliphatic carbocycles. The summed E-state index contributed by atoms with van der Waals surface area (Å²) >= 11 is 3.36. The number of methoxy groups -OCH3 is 1. The largest absolute Gasteiger partial charge is 0.383 e. The summed E-state index contributed by atoms with van der Waals surface area (Å²) in [5.41, 5.74) is 1.27. The molecule has 23 heavy (non-hydrogen) atoms. The second-order valence-electron chi connectivity index (χ2n) is 4.64. The van der Waals surface area contributed by atoms with Crippen molar-refractivity contribution in [3.63, 3.8) is 0 Å². The van der Waals surface area contributed by atoms with Crippen LogP contribution in [-0.2, 0) is 4.74 Å². The van der Waals surface area contributed by atoms with Gasteiger partial charge in [-0.2, -0.15) is 0 Å². The number of nitrogens with one attached hydrogen (secondary N) is 2. The molecule has 0 radical (unpaired) electrons. The first kappa shape index (κ1) is 17.1. The molecule has 1 aromatic heterocycles. The van der Waals surface area contributed by atoms with Gasteiger partial charge in [0.1, 0.15) is 0 Å². The Labute approximate surface area is 142 Å². The Balaban J connectivity index is 2.08. The third-order valence-corrected chi connectivity index (χ3v) is 3.67. The Hall–Kier alpha value is -2.25. The fourth-order valence-electron chi connectivity index (χ4n) is 1.81. The molecular weight excluding hydrogens is 362 g/mol. The second-order valence-corrected chi connectivity index (χ2v) is 5.50. The number of aromatic nitrogens is 1. The van der Waals surface area contributed by atoms with E-state index in [1.54, 1.807) is 13.2 Å². The number of rotatable bonds is 6. The van der Waals surface area contributed by atoms with Crippen molar-refractivity contribution < 1.29 is 14.3 Å². The smallest absolute Gasteiger partial charge is 0.257 e. The van der Waals surface area contributed by atoms with Crippen molar-refractivity contribution in [3.8, 4) is 0 Å². The highest BCUT2D eigenvalue weighted by Crippen LogP contribution is 2.21. The predicted octanol–water partition coefficient (Wildman–Crippen LogP) is 2.47. The summed E-state index contributed by atoms with van der Waals surface area (Å²) in [6, 6.07) is 8.77. The number of ether oxygens (including phenoxy) is 1. The third kappa shape index (κ3) is 4.87. The van der Waals surface area contributed by atoms with E-state index in [-0.39, 0.29) is 11.8 Å². The number of hydrogen-bond donors (Lipinski definition) is 2. The third-order valence-electron chi connectivity index (χ3n) is 2.98. The first-order chi connectivity index (χ1) is 11.1. The number of carbonyl (C=O) groups is 2. The Bertz CT molecular complexity index is 706. The summed E-state index contributed by atoms with van der Waals surface area (Å²) in [5.74, 6) is -0.638. The van der Waals surface area contributed by atoms with Crippen LogP contribution in [0.3, 0.4) is 0 Å². The van der Waals surface area contributed by atoms with Gasteiger partial charge in [0.25, 0.3) is 11.8 Å². The summed E-state index contributed by atoms with van der Waals surface area (Å²) in [7, 11) is 1.56. The number of para-hydroxylation sites is 1. The maximum absolute atomic E-state index is 12.3. The van der Waals surface area contributed by atoms with Crippen LogP contribution < -0.4 is 10.6 Å². The molecule has 0 bridgehead atoms. The molecule has 0 saturated heterocycles. The number of pyridine rings is 1. The topological polar surface area (TPSA) is 80.3 Å². The van der Waals surface area contributed by atoms with Crippen LogP contribution in [0.1, 0.15) is 20.7 Å². The van der Waals surface area contributed by atoms with E-state index in [1.165, 1.54) is 18.5 Å². The fourth-order valence-corrected chi connectivity index (χ4v) is 2.20. The average Bonchev–Trinajstić information content (AvgIpc) is 2.57. The molecule has 1 heterocycles. The van der Waals surface area contributed by atoms with Gasteiger partial charge < -0.3 is 15.4 Å². The van der Waals surface area contributed by atoms with Crippen LogP contribution in [0, 0.1) is 0 Å². The van der Waals surface area contributed by atoms with Crippen molar-refractivity contribution in [3.05, 3.63) is 58.3 Å². The minimum Gasteiger partial charge on any atom is -0.383 e. The molecule has 0 saturated carbocycles. The minimum atomic E-state index is -0.337. The van der Waals surface area contributed by atoms with Crippen LogP contribution in [0.2, 0.25) is 0 Å². The highest BCUT2D eigenvalue weighted by molar-refractivity contribution is 9.10. The SMILES string of the molecule is COCCNC(=O)c1cncc(C(=O)Nc2ccccc2Br)c1. The van der Waals surface area contributed by atoms with E-state index < -0.39 is 0 Å². The van der Waals surface area contributed by atoms with Crippen molar-refractivity contribution in [2.45, 2.75) is 0 Å². The molecule has 7 heteroatoms. The second kappa shape index (κ2) is 8.40. The monoisotopic (exact) mass is 377 g/mol. The molecule has 0 atom stereocenters. The number of nitrogens with zero attached hydrogens (tertiary/aromatic N) is 1. The number of halogens is 1. The zero-order valence-corrected chi connectivity index (χ0v) is 14.1. The van der Waals surface area contributed by atoms with Crippen molar-refractivity contribution in [1.82, 2.24) is 10.3 Å². The van der Waals surface area contributed by atoms with Gasteiger partial charge in [0.15, 0.2) is 0 Å². The molecule has 0 unspecified atom stereocenters. The van der Waals surface area contributed by atoms with Gasteiger partial charge in [0, 0.05) is 30.5 Å². The zero-order chi connectivity index (χ0) is 16.7. The van der Waals surface area contributed by atoms with Gasteiger partial charge in [-0.1, -0.05) is 12.1 Å². The van der Waals surface area contributed by atoms with Crippen LogP contribution >= 0.6 is 15.9 Å². The summed E-state index contributed by atoms with van der Waals surface area (Å²) in [6.07, 6.45) is 2.83. The molecule has 0 aliphatic heterocycles. The maximum atomic E-state index is 12.3. The van der Waals surface area contributed by atoms with Crippen LogP contribution in [-0.4, -0.2) is 37.1 Å². The van der Waals surface area contributed by atoms with Crippen LogP contribution in [0.25, 0.3) is 0 Å². The molecule has 0 spiro atoms. The number of benzene rings is 1. The van der Waals surface area contributed by atoms with E-state index in [1.807, 2.05) is 18.2 Å². The minimum absolute atomic E-state index is 0.301. The molecule has 2 rings (SSSR count). The average molecular weight is 378 g/mol. The lowest BCUT2D eigenvalue weighted by Crippen LogP contribution is -2.27. The molecule has 2 amide bonds. The van der Waals surface area contributed by atoms with E-state index in [9.17, 15) is 9.59 Å². The molecule has 120 valence electrons. The lowest BCUT2D eigenvalue weighted by Gasteiger charge is -2.08. The van der Waals surface area contributed by atoms with Crippen molar-refractivity contribution >= 4 is 33.4 Å². The van der Waals surface area contributed by atoms with Gasteiger partial charge >= 0.3 is 0 Å². The molecule has 2 aromatic rings. The maximum Gasteiger partial charge on any atom is 0.257 e. The fraction of sp³-hybridized carbons (Fsp3) is 0.188. The van der Waals surface area contributed by atoms with E-state index in [2.05, 4.69) is 31.5 Å². The van der Waals surface area contributed by atoms with Crippen LogP contribution in [0.4, 0.5) is 5.69 Å². The van der Waals surface area contributed by atoms with Crippen LogP contribution in [0.5, 0.6) is 0 Å². The molecule has 0 aliphatic rings. The van der Waals surface area contributed by atoms with E-state index in [0.717, 1.165) is 4.47 Å². The molecule has 6 nitrogen and oxygen atoms in total. The van der Waals surface area contributed by atoms with Gasteiger partial charge in [-0.3, -0.25) is 14.6 Å². The van der Waals surface area contributed by atoms with Crippen molar-refractivity contribution in [2.24, 2.45) is 0 Å².